The van der Waals surface area contributed by atoms with Crippen LogP contribution in [0.2, 0.25) is 0 Å². The van der Waals surface area contributed by atoms with E-state index in [1.807, 2.05) is 35.6 Å². The topological polar surface area (TPSA) is 52.2 Å². The van der Waals surface area contributed by atoms with Crippen LogP contribution in [-0.2, 0) is 7.05 Å². The highest BCUT2D eigenvalue weighted by atomic mass is 32.1. The van der Waals surface area contributed by atoms with Crippen LogP contribution >= 0.6 is 11.3 Å². The number of nitrogens with zero attached hydrogens (tertiary/aromatic N) is 4. The molecule has 4 aromatic rings. The Bertz CT molecular complexity index is 1010. The Morgan fingerprint density at radius 3 is 2.84 bits per heavy atom. The predicted octanol–water partition coefficient (Wildman–Crippen LogP) is 2.10. The molecular formula is C13H10N4OS. The van der Waals surface area contributed by atoms with Gasteiger partial charge in [-0.05, 0) is 19.1 Å². The third-order valence-electron chi connectivity index (χ3n) is 3.39. The second-order valence-corrected chi connectivity index (χ2v) is 5.47. The molecule has 3 heterocycles. The molecule has 0 aliphatic carbocycles. The number of aromatic nitrogens is 4. The van der Waals surface area contributed by atoms with Gasteiger partial charge in [-0.1, -0.05) is 23.5 Å². The van der Waals surface area contributed by atoms with E-state index in [4.69, 9.17) is 0 Å². The lowest BCUT2D eigenvalue weighted by Gasteiger charge is -2.01. The zero-order chi connectivity index (χ0) is 13.1. The van der Waals surface area contributed by atoms with E-state index in [0.717, 1.165) is 16.0 Å². The van der Waals surface area contributed by atoms with Crippen molar-refractivity contribution in [3.63, 3.8) is 0 Å². The monoisotopic (exact) mass is 270 g/mol. The molecule has 4 rings (SSSR count). The highest BCUT2D eigenvalue weighted by Crippen LogP contribution is 2.27. The normalized spacial score (nSPS) is 11.9. The fourth-order valence-corrected chi connectivity index (χ4v) is 3.34. The third kappa shape index (κ3) is 1.26. The van der Waals surface area contributed by atoms with Gasteiger partial charge in [0.1, 0.15) is 10.5 Å². The van der Waals surface area contributed by atoms with Crippen LogP contribution in [0, 0.1) is 6.92 Å². The molecule has 0 aliphatic heterocycles. The highest BCUT2D eigenvalue weighted by molar-refractivity contribution is 7.23. The van der Waals surface area contributed by atoms with E-state index < -0.39 is 0 Å². The number of hydrogen-bond donors (Lipinski definition) is 0. The van der Waals surface area contributed by atoms with Crippen molar-refractivity contribution in [2.45, 2.75) is 6.92 Å². The van der Waals surface area contributed by atoms with Crippen molar-refractivity contribution < 1.29 is 0 Å². The lowest BCUT2D eigenvalue weighted by molar-refractivity contribution is 0.791. The molecule has 0 spiro atoms. The van der Waals surface area contributed by atoms with Gasteiger partial charge in [-0.3, -0.25) is 13.8 Å². The molecule has 0 radical (unpaired) electrons. The van der Waals surface area contributed by atoms with Crippen molar-refractivity contribution in [3.05, 3.63) is 40.4 Å². The molecule has 5 nitrogen and oxygen atoms in total. The Labute approximate surface area is 111 Å². The van der Waals surface area contributed by atoms with Crippen LogP contribution in [0.1, 0.15) is 5.82 Å². The minimum absolute atomic E-state index is 0.0120. The minimum atomic E-state index is -0.0120. The van der Waals surface area contributed by atoms with E-state index >= 15 is 0 Å². The largest absolute Gasteiger partial charge is 0.299 e. The van der Waals surface area contributed by atoms with Crippen molar-refractivity contribution in [2.75, 3.05) is 0 Å². The minimum Gasteiger partial charge on any atom is -0.299 e. The van der Waals surface area contributed by atoms with E-state index in [9.17, 15) is 4.79 Å². The summed E-state index contributed by atoms with van der Waals surface area (Å²) in [7, 11) is 1.74. The van der Waals surface area contributed by atoms with Crippen LogP contribution in [0.15, 0.2) is 29.1 Å². The summed E-state index contributed by atoms with van der Waals surface area (Å²) in [5, 5.41) is 0. The highest BCUT2D eigenvalue weighted by Gasteiger charge is 2.15. The Balaban J connectivity index is 2.35. The maximum atomic E-state index is 12.2. The Kier molecular flexibility index (Phi) is 1.92. The quantitative estimate of drug-likeness (QED) is 0.491. The molecule has 0 unspecified atom stereocenters. The van der Waals surface area contributed by atoms with Crippen LogP contribution < -0.4 is 5.56 Å². The molecule has 0 atom stereocenters. The third-order valence-corrected chi connectivity index (χ3v) is 4.41. The second kappa shape index (κ2) is 3.42. The SMILES string of the molecule is Cc1nc2c(sc3nc4ccccc4n32)c(=O)n1C. The van der Waals surface area contributed by atoms with Crippen LogP contribution in [0.5, 0.6) is 0 Å². The van der Waals surface area contributed by atoms with E-state index in [2.05, 4.69) is 9.97 Å². The lowest BCUT2D eigenvalue weighted by Crippen LogP contribution is -2.19. The van der Waals surface area contributed by atoms with Crippen LogP contribution in [-0.4, -0.2) is 18.9 Å². The maximum Gasteiger partial charge on any atom is 0.272 e. The van der Waals surface area contributed by atoms with Gasteiger partial charge in [0.2, 0.25) is 0 Å². The van der Waals surface area contributed by atoms with E-state index in [1.54, 1.807) is 11.6 Å². The van der Waals surface area contributed by atoms with Gasteiger partial charge in [-0.2, -0.15) is 0 Å². The Morgan fingerprint density at radius 1 is 1.21 bits per heavy atom. The fraction of sp³-hybridized carbons (Fsp3) is 0.154. The number of fused-ring (bicyclic) bond motifs is 5. The summed E-state index contributed by atoms with van der Waals surface area (Å²) in [6, 6.07) is 7.89. The van der Waals surface area contributed by atoms with Crippen molar-refractivity contribution in [1.82, 2.24) is 18.9 Å². The number of para-hydroxylation sites is 2. The van der Waals surface area contributed by atoms with Gasteiger partial charge >= 0.3 is 0 Å². The number of rotatable bonds is 0. The Hall–Kier alpha value is -2.21. The van der Waals surface area contributed by atoms with Gasteiger partial charge < -0.3 is 0 Å². The molecule has 0 aliphatic rings. The summed E-state index contributed by atoms with van der Waals surface area (Å²) in [4.78, 5) is 22.1. The summed E-state index contributed by atoms with van der Waals surface area (Å²) in [6.07, 6.45) is 0. The summed E-state index contributed by atoms with van der Waals surface area (Å²) < 4.78 is 4.19. The summed E-state index contributed by atoms with van der Waals surface area (Å²) >= 11 is 1.39. The summed E-state index contributed by atoms with van der Waals surface area (Å²) in [5.74, 6) is 0.704. The molecule has 0 bridgehead atoms. The van der Waals surface area contributed by atoms with Crippen molar-refractivity contribution in [1.29, 1.82) is 0 Å². The van der Waals surface area contributed by atoms with Gasteiger partial charge in [0.15, 0.2) is 10.6 Å². The summed E-state index contributed by atoms with van der Waals surface area (Å²) in [5.41, 5.74) is 2.61. The van der Waals surface area contributed by atoms with Gasteiger partial charge in [0, 0.05) is 7.05 Å². The molecule has 1 aromatic carbocycles. The molecule has 3 aromatic heterocycles. The molecular weight excluding hydrogens is 260 g/mol. The van der Waals surface area contributed by atoms with Crippen molar-refractivity contribution in [2.24, 2.45) is 7.05 Å². The standard InChI is InChI=1S/C13H10N4OS/c1-7-14-11-10(12(18)16(7)2)19-13-15-8-5-3-4-6-9(8)17(11)13/h3-6H,1-2H3. The maximum absolute atomic E-state index is 12.2. The Morgan fingerprint density at radius 2 is 2.00 bits per heavy atom. The molecule has 0 fully saturated rings. The second-order valence-electron chi connectivity index (χ2n) is 4.50. The van der Waals surface area contributed by atoms with Gasteiger partial charge in [0.05, 0.1) is 11.0 Å². The molecule has 94 valence electrons. The fourth-order valence-electron chi connectivity index (χ4n) is 2.28. The molecule has 6 heteroatoms. The molecule has 0 saturated heterocycles. The lowest BCUT2D eigenvalue weighted by atomic mass is 10.3. The molecule has 0 N–H and O–H groups in total. The molecule has 19 heavy (non-hydrogen) atoms. The smallest absolute Gasteiger partial charge is 0.272 e. The molecule has 0 amide bonds. The first kappa shape index (κ1) is 10.7. The zero-order valence-electron chi connectivity index (χ0n) is 10.4. The number of thiazole rings is 1. The number of hydrogen-bond acceptors (Lipinski definition) is 4. The number of benzene rings is 1. The number of aryl methyl sites for hydroxylation is 1. The summed E-state index contributed by atoms with van der Waals surface area (Å²) in [6.45, 7) is 1.84. The first-order valence-corrected chi connectivity index (χ1v) is 6.72. The molecule has 0 saturated carbocycles. The van der Waals surface area contributed by atoms with Crippen molar-refractivity contribution >= 4 is 37.7 Å². The van der Waals surface area contributed by atoms with E-state index in [1.165, 1.54) is 11.3 Å². The van der Waals surface area contributed by atoms with E-state index in [-0.39, 0.29) is 5.56 Å². The van der Waals surface area contributed by atoms with Crippen LogP contribution in [0.25, 0.3) is 26.3 Å². The van der Waals surface area contributed by atoms with Gasteiger partial charge in [0.25, 0.3) is 5.56 Å². The van der Waals surface area contributed by atoms with Gasteiger partial charge in [-0.15, -0.1) is 0 Å². The average molecular weight is 270 g/mol. The average Bonchev–Trinajstić information content (AvgIpc) is 2.93. The van der Waals surface area contributed by atoms with Crippen LogP contribution in [0.3, 0.4) is 0 Å². The van der Waals surface area contributed by atoms with Crippen LogP contribution in [0.4, 0.5) is 0 Å². The zero-order valence-corrected chi connectivity index (χ0v) is 11.2. The number of imidazole rings is 1. The first-order valence-electron chi connectivity index (χ1n) is 5.90. The van der Waals surface area contributed by atoms with Crippen molar-refractivity contribution in [3.8, 4) is 0 Å². The van der Waals surface area contributed by atoms with E-state index in [0.29, 0.717) is 16.2 Å². The predicted molar refractivity (Wildman–Crippen MR) is 75.9 cm³/mol. The first-order chi connectivity index (χ1) is 9.16. The van der Waals surface area contributed by atoms with Gasteiger partial charge in [-0.25, -0.2) is 9.97 Å².